The molecule has 4 aromatic rings. The van der Waals surface area contributed by atoms with Gasteiger partial charge in [0.1, 0.15) is 0 Å². The molecule has 0 fully saturated rings. The Morgan fingerprint density at radius 3 is 1.97 bits per heavy atom. The zero-order valence-electron chi connectivity index (χ0n) is 17.9. The third-order valence-corrected chi connectivity index (χ3v) is 7.71. The van der Waals surface area contributed by atoms with Gasteiger partial charge in [-0.2, -0.15) is 0 Å². The summed E-state index contributed by atoms with van der Waals surface area (Å²) in [5.41, 5.74) is 7.32. The van der Waals surface area contributed by atoms with Gasteiger partial charge in [0.05, 0.1) is 5.69 Å². The first-order chi connectivity index (χ1) is 14.8. The highest BCUT2D eigenvalue weighted by Gasteiger charge is 2.19. The Labute approximate surface area is 207 Å². The Balaban J connectivity index is 1.91. The van der Waals surface area contributed by atoms with Gasteiger partial charge in [0.2, 0.25) is 0 Å². The number of hydrogen-bond donors (Lipinski definition) is 0. The van der Waals surface area contributed by atoms with Crippen LogP contribution in [-0.4, -0.2) is 0 Å². The molecule has 4 rings (SSSR count). The van der Waals surface area contributed by atoms with E-state index < -0.39 is 0 Å². The van der Waals surface area contributed by atoms with E-state index >= 15 is 0 Å². The predicted octanol–water partition coefficient (Wildman–Crippen LogP) is 9.49. The van der Waals surface area contributed by atoms with E-state index in [9.17, 15) is 0 Å². The van der Waals surface area contributed by atoms with Gasteiger partial charge in [-0.05, 0) is 91.5 Å². The largest absolute Gasteiger partial charge is 0.310 e. The quantitative estimate of drug-likeness (QED) is 0.217. The fraction of sp³-hybridized carbons (Fsp3) is 0.143. The summed E-state index contributed by atoms with van der Waals surface area (Å²) in [5, 5.41) is 0. The van der Waals surface area contributed by atoms with Crippen molar-refractivity contribution in [2.24, 2.45) is 0 Å². The van der Waals surface area contributed by atoms with Crippen LogP contribution in [0.15, 0.2) is 102 Å². The first kappa shape index (κ1) is 22.1. The van der Waals surface area contributed by atoms with Crippen molar-refractivity contribution in [1.29, 1.82) is 0 Å². The molecule has 0 spiro atoms. The number of para-hydroxylation sites is 1. The number of rotatable bonds is 4. The Morgan fingerprint density at radius 2 is 1.32 bits per heavy atom. The van der Waals surface area contributed by atoms with Crippen LogP contribution < -0.4 is 4.90 Å². The highest BCUT2D eigenvalue weighted by molar-refractivity contribution is 14.1. The van der Waals surface area contributed by atoms with Crippen LogP contribution in [0.5, 0.6) is 0 Å². The SMILES string of the molecule is CC(C)(C)c1ccc(N(c2ccc(Br)c(I)c2)c2ccccc2-c2ccccc2)cc1. The molecule has 0 amide bonds. The number of nitrogens with zero attached hydrogens (tertiary/aromatic N) is 1. The van der Waals surface area contributed by atoms with Crippen LogP contribution in [-0.2, 0) is 5.41 Å². The van der Waals surface area contributed by atoms with Gasteiger partial charge in [-0.15, -0.1) is 0 Å². The van der Waals surface area contributed by atoms with Crippen LogP contribution in [0.2, 0.25) is 0 Å². The molecule has 0 heterocycles. The maximum absolute atomic E-state index is 3.65. The molecule has 0 radical (unpaired) electrons. The summed E-state index contributed by atoms with van der Waals surface area (Å²) < 4.78 is 2.29. The van der Waals surface area contributed by atoms with Crippen LogP contribution >= 0.6 is 38.5 Å². The zero-order chi connectivity index (χ0) is 22.0. The second kappa shape index (κ2) is 9.17. The molecular weight excluding hydrogens is 557 g/mol. The molecule has 3 heteroatoms. The van der Waals surface area contributed by atoms with Crippen LogP contribution in [0.25, 0.3) is 11.1 Å². The van der Waals surface area contributed by atoms with E-state index in [1.165, 1.54) is 20.3 Å². The molecule has 0 saturated heterocycles. The van der Waals surface area contributed by atoms with Crippen molar-refractivity contribution in [1.82, 2.24) is 0 Å². The minimum Gasteiger partial charge on any atom is -0.310 e. The predicted molar refractivity (Wildman–Crippen MR) is 146 cm³/mol. The fourth-order valence-corrected chi connectivity index (χ4v) is 4.44. The number of halogens is 2. The van der Waals surface area contributed by atoms with Crippen molar-refractivity contribution in [2.45, 2.75) is 26.2 Å². The summed E-state index contributed by atoms with van der Waals surface area (Å²) in [6, 6.07) is 34.7. The minimum atomic E-state index is 0.123. The Bertz CT molecular complexity index is 1180. The molecule has 0 saturated carbocycles. The third kappa shape index (κ3) is 4.88. The van der Waals surface area contributed by atoms with E-state index in [2.05, 4.69) is 161 Å². The van der Waals surface area contributed by atoms with Gasteiger partial charge in [-0.25, -0.2) is 0 Å². The Kier molecular flexibility index (Phi) is 6.54. The monoisotopic (exact) mass is 581 g/mol. The summed E-state index contributed by atoms with van der Waals surface area (Å²) >= 11 is 6.03. The van der Waals surface area contributed by atoms with E-state index in [-0.39, 0.29) is 5.41 Å². The number of anilines is 3. The molecule has 156 valence electrons. The zero-order valence-corrected chi connectivity index (χ0v) is 21.7. The normalized spacial score (nSPS) is 11.4. The van der Waals surface area contributed by atoms with E-state index in [0.717, 1.165) is 21.5 Å². The minimum absolute atomic E-state index is 0.123. The van der Waals surface area contributed by atoms with Crippen LogP contribution in [0.1, 0.15) is 26.3 Å². The second-order valence-corrected chi connectivity index (χ2v) is 10.6. The van der Waals surface area contributed by atoms with Gasteiger partial charge in [0, 0.05) is 25.0 Å². The maximum Gasteiger partial charge on any atom is 0.0540 e. The number of hydrogen-bond acceptors (Lipinski definition) is 1. The lowest BCUT2D eigenvalue weighted by atomic mass is 9.87. The lowest BCUT2D eigenvalue weighted by Crippen LogP contribution is -2.14. The van der Waals surface area contributed by atoms with E-state index in [4.69, 9.17) is 0 Å². The van der Waals surface area contributed by atoms with Gasteiger partial charge in [0.15, 0.2) is 0 Å². The van der Waals surface area contributed by atoms with Gasteiger partial charge in [-0.3, -0.25) is 0 Å². The molecule has 0 aliphatic rings. The Morgan fingerprint density at radius 1 is 0.710 bits per heavy atom. The first-order valence-corrected chi connectivity index (χ1v) is 12.2. The molecule has 0 N–H and O–H groups in total. The smallest absolute Gasteiger partial charge is 0.0540 e. The summed E-state index contributed by atoms with van der Waals surface area (Å²) in [6.07, 6.45) is 0. The molecule has 0 unspecified atom stereocenters. The number of benzene rings is 4. The van der Waals surface area contributed by atoms with Crippen molar-refractivity contribution >= 4 is 55.6 Å². The third-order valence-electron chi connectivity index (χ3n) is 5.38. The highest BCUT2D eigenvalue weighted by atomic mass is 127. The van der Waals surface area contributed by atoms with Crippen molar-refractivity contribution < 1.29 is 0 Å². The molecule has 0 aromatic heterocycles. The van der Waals surface area contributed by atoms with Crippen LogP contribution in [0.4, 0.5) is 17.1 Å². The van der Waals surface area contributed by atoms with Crippen molar-refractivity contribution in [3.05, 3.63) is 111 Å². The average molecular weight is 582 g/mol. The molecule has 0 aliphatic carbocycles. The van der Waals surface area contributed by atoms with Crippen molar-refractivity contribution in [3.8, 4) is 11.1 Å². The van der Waals surface area contributed by atoms with Crippen LogP contribution in [0, 0.1) is 3.57 Å². The summed E-state index contributed by atoms with van der Waals surface area (Å²) in [7, 11) is 0. The molecule has 0 bridgehead atoms. The first-order valence-electron chi connectivity index (χ1n) is 10.3. The Hall–Kier alpha value is -2.11. The molecular formula is C28H25BrIN. The van der Waals surface area contributed by atoms with Gasteiger partial charge < -0.3 is 4.90 Å². The van der Waals surface area contributed by atoms with E-state index in [1.54, 1.807) is 0 Å². The standard InChI is InChI=1S/C28H25BrIN/c1-28(2,3)21-13-15-22(16-14-21)31(23-17-18-25(29)26(30)19-23)27-12-8-7-11-24(27)20-9-5-4-6-10-20/h4-19H,1-3H3. The molecule has 1 nitrogen and oxygen atoms in total. The topological polar surface area (TPSA) is 3.24 Å². The van der Waals surface area contributed by atoms with Gasteiger partial charge in [0.25, 0.3) is 0 Å². The van der Waals surface area contributed by atoms with Crippen molar-refractivity contribution in [3.63, 3.8) is 0 Å². The fourth-order valence-electron chi connectivity index (χ4n) is 3.69. The molecule has 4 aromatic carbocycles. The highest BCUT2D eigenvalue weighted by Crippen LogP contribution is 2.42. The van der Waals surface area contributed by atoms with E-state index in [1.807, 2.05) is 0 Å². The van der Waals surface area contributed by atoms with E-state index in [0.29, 0.717) is 0 Å². The summed E-state index contributed by atoms with van der Waals surface area (Å²) in [6.45, 7) is 6.75. The van der Waals surface area contributed by atoms with Gasteiger partial charge in [-0.1, -0.05) is 81.4 Å². The summed E-state index contributed by atoms with van der Waals surface area (Å²) in [5.74, 6) is 0. The van der Waals surface area contributed by atoms with Gasteiger partial charge >= 0.3 is 0 Å². The summed E-state index contributed by atoms with van der Waals surface area (Å²) in [4.78, 5) is 2.35. The molecule has 0 aliphatic heterocycles. The molecule has 0 atom stereocenters. The average Bonchev–Trinajstić information content (AvgIpc) is 2.77. The lowest BCUT2D eigenvalue weighted by Gasteiger charge is -2.29. The molecule has 31 heavy (non-hydrogen) atoms. The second-order valence-electron chi connectivity index (χ2n) is 8.61. The maximum atomic E-state index is 3.65. The van der Waals surface area contributed by atoms with Crippen LogP contribution in [0.3, 0.4) is 0 Å². The lowest BCUT2D eigenvalue weighted by molar-refractivity contribution is 0.590. The van der Waals surface area contributed by atoms with Crippen molar-refractivity contribution in [2.75, 3.05) is 4.90 Å².